The molecule has 2 aromatic carbocycles. The number of rotatable bonds is 7. The van der Waals surface area contributed by atoms with Gasteiger partial charge in [-0.2, -0.15) is 0 Å². The number of halogens is 4. The van der Waals surface area contributed by atoms with Crippen LogP contribution >= 0.6 is 15.9 Å². The second-order valence-corrected chi connectivity index (χ2v) is 11.5. The molecule has 0 bridgehead atoms. The number of carbonyl (C=O) groups excluding carboxylic acids is 1. The number of ether oxygens (including phenoxy) is 2. The SMILES string of the molecule is COC1C(C(=O)N(c2cc(C)cc(Br)c2)[C@@H]2CCNC[C@H]2O)OC(CO)C(O)C1n1cc(-c2cc(F)c(F)c(F)c2)nn1. The lowest BCUT2D eigenvalue weighted by Gasteiger charge is -2.46. The number of aryl methyl sites for hydroxylation is 1. The first-order valence-corrected chi connectivity index (χ1v) is 14.4. The number of methoxy groups -OCH3 is 1. The second-order valence-electron chi connectivity index (χ2n) is 10.6. The van der Waals surface area contributed by atoms with Gasteiger partial charge in [-0.3, -0.25) is 4.79 Å². The smallest absolute Gasteiger partial charge is 0.259 e. The molecule has 0 radical (unpaired) electrons. The van der Waals surface area contributed by atoms with Crippen LogP contribution < -0.4 is 10.2 Å². The minimum absolute atomic E-state index is 0.0427. The third-order valence-electron chi connectivity index (χ3n) is 7.77. The summed E-state index contributed by atoms with van der Waals surface area (Å²) < 4.78 is 54.9. The molecule has 2 saturated heterocycles. The Morgan fingerprint density at radius 1 is 1.21 bits per heavy atom. The number of nitrogens with one attached hydrogen (secondary N) is 1. The van der Waals surface area contributed by atoms with Crippen molar-refractivity contribution in [2.24, 2.45) is 0 Å². The average Bonchev–Trinajstić information content (AvgIpc) is 3.45. The number of β-amino-alcohol motifs (C(OH)–C–C–N with tert-alkyl or cyclic N) is 1. The Labute approximate surface area is 253 Å². The van der Waals surface area contributed by atoms with Gasteiger partial charge in [0.2, 0.25) is 0 Å². The van der Waals surface area contributed by atoms with Gasteiger partial charge in [-0.15, -0.1) is 5.10 Å². The molecule has 0 aliphatic carbocycles. The van der Waals surface area contributed by atoms with E-state index in [1.54, 1.807) is 12.1 Å². The minimum Gasteiger partial charge on any atom is -0.394 e. The van der Waals surface area contributed by atoms with Crippen molar-refractivity contribution in [2.45, 2.75) is 55.9 Å². The Morgan fingerprint density at radius 2 is 1.93 bits per heavy atom. The van der Waals surface area contributed by atoms with Gasteiger partial charge in [0.25, 0.3) is 5.91 Å². The fraction of sp³-hybridized carbons (Fsp3) is 0.464. The third kappa shape index (κ3) is 6.20. The van der Waals surface area contributed by atoms with Crippen molar-refractivity contribution in [1.29, 1.82) is 0 Å². The Hall–Kier alpha value is -2.92. The van der Waals surface area contributed by atoms with E-state index in [1.165, 1.54) is 18.2 Å². The molecule has 2 aliphatic heterocycles. The highest BCUT2D eigenvalue weighted by molar-refractivity contribution is 9.10. The van der Waals surface area contributed by atoms with Crippen LogP contribution in [0.25, 0.3) is 11.3 Å². The molecule has 0 saturated carbocycles. The number of amides is 1. The van der Waals surface area contributed by atoms with Crippen molar-refractivity contribution < 1.29 is 42.8 Å². The van der Waals surface area contributed by atoms with Crippen LogP contribution in [0.5, 0.6) is 0 Å². The Kier molecular flexibility index (Phi) is 9.51. The monoisotopic (exact) mass is 669 g/mol. The van der Waals surface area contributed by atoms with E-state index in [9.17, 15) is 33.3 Å². The fourth-order valence-electron chi connectivity index (χ4n) is 5.72. The van der Waals surface area contributed by atoms with E-state index in [0.717, 1.165) is 22.4 Å². The highest BCUT2D eigenvalue weighted by Gasteiger charge is 2.52. The van der Waals surface area contributed by atoms with Gasteiger partial charge < -0.3 is 35.0 Å². The lowest BCUT2D eigenvalue weighted by Crippen LogP contribution is -2.64. The van der Waals surface area contributed by atoms with E-state index >= 15 is 0 Å². The van der Waals surface area contributed by atoms with Gasteiger partial charge >= 0.3 is 0 Å². The van der Waals surface area contributed by atoms with Crippen LogP contribution in [0.3, 0.4) is 0 Å². The van der Waals surface area contributed by atoms with E-state index in [1.807, 2.05) is 13.0 Å². The summed E-state index contributed by atoms with van der Waals surface area (Å²) in [5.74, 6) is -5.06. The van der Waals surface area contributed by atoms with Crippen molar-refractivity contribution in [3.05, 3.63) is 64.0 Å². The first-order valence-electron chi connectivity index (χ1n) is 13.6. The van der Waals surface area contributed by atoms with E-state index in [2.05, 4.69) is 31.6 Å². The zero-order valence-corrected chi connectivity index (χ0v) is 24.8. The van der Waals surface area contributed by atoms with E-state index < -0.39 is 72.6 Å². The summed E-state index contributed by atoms with van der Waals surface area (Å²) in [6.07, 6.45) is -4.54. The minimum atomic E-state index is -1.63. The quantitative estimate of drug-likeness (QED) is 0.277. The molecule has 4 N–H and O–H groups in total. The summed E-state index contributed by atoms with van der Waals surface area (Å²) in [6.45, 7) is 2.00. The molecule has 3 aromatic rings. The third-order valence-corrected chi connectivity index (χ3v) is 8.22. The summed E-state index contributed by atoms with van der Waals surface area (Å²) in [6, 6.07) is 5.12. The maximum atomic E-state index is 14.5. The van der Waals surface area contributed by atoms with Crippen molar-refractivity contribution in [3.63, 3.8) is 0 Å². The average molecular weight is 670 g/mol. The number of hydrogen-bond donors (Lipinski definition) is 4. The first-order chi connectivity index (χ1) is 20.5. The van der Waals surface area contributed by atoms with Crippen LogP contribution in [0.15, 0.2) is 41.0 Å². The summed E-state index contributed by atoms with van der Waals surface area (Å²) in [7, 11) is 1.31. The number of hydrogen-bond acceptors (Lipinski definition) is 9. The van der Waals surface area contributed by atoms with Crippen LogP contribution in [-0.2, 0) is 14.3 Å². The predicted octanol–water partition coefficient (Wildman–Crippen LogP) is 1.87. The summed E-state index contributed by atoms with van der Waals surface area (Å²) in [5.41, 5.74) is 1.19. The fourth-order valence-corrected chi connectivity index (χ4v) is 6.32. The molecule has 2 fully saturated rings. The van der Waals surface area contributed by atoms with Crippen molar-refractivity contribution in [3.8, 4) is 11.3 Å². The van der Waals surface area contributed by atoms with Crippen molar-refractivity contribution in [1.82, 2.24) is 20.3 Å². The predicted molar refractivity (Wildman–Crippen MR) is 151 cm³/mol. The number of piperidine rings is 1. The van der Waals surface area contributed by atoms with Crippen LogP contribution in [0.2, 0.25) is 0 Å². The number of nitrogens with zero attached hydrogens (tertiary/aromatic N) is 4. The molecular formula is C28H31BrF3N5O6. The number of benzene rings is 2. The highest BCUT2D eigenvalue weighted by atomic mass is 79.9. The van der Waals surface area contributed by atoms with Crippen LogP contribution in [0, 0.1) is 24.4 Å². The first kappa shape index (κ1) is 31.5. The second kappa shape index (κ2) is 13.0. The standard InChI is InChI=1S/C28H31BrF3N5O6/c1-13-5-15(29)9-16(6-13)37(20-3-4-33-10-21(20)39)28(41)27-26(42-2)24(25(40)22(12-38)43-27)36-11-19(34-35-36)14-7-17(30)23(32)18(31)8-14/h5-9,11,20-22,24-27,33,38-40H,3-4,10,12H2,1-2H3/t20-,21-,22?,24?,25?,26?,27?/m1/s1. The maximum absolute atomic E-state index is 14.5. The van der Waals surface area contributed by atoms with Gasteiger partial charge in [0.1, 0.15) is 30.0 Å². The molecule has 3 heterocycles. The Balaban J connectivity index is 1.55. The lowest BCUT2D eigenvalue weighted by molar-refractivity contribution is -0.211. The number of carbonyl (C=O) groups is 1. The molecule has 5 unspecified atom stereocenters. The number of aliphatic hydroxyl groups excluding tert-OH is 3. The molecule has 11 nitrogen and oxygen atoms in total. The van der Waals surface area contributed by atoms with Gasteiger partial charge in [0, 0.05) is 29.4 Å². The number of anilines is 1. The van der Waals surface area contributed by atoms with E-state index in [0.29, 0.717) is 23.1 Å². The van der Waals surface area contributed by atoms with Crippen molar-refractivity contribution >= 4 is 27.5 Å². The molecule has 2 aliphatic rings. The Morgan fingerprint density at radius 3 is 2.56 bits per heavy atom. The number of aromatic nitrogens is 3. The molecule has 0 spiro atoms. The molecule has 15 heteroatoms. The Bertz CT molecular complexity index is 1440. The largest absolute Gasteiger partial charge is 0.394 e. The van der Waals surface area contributed by atoms with Crippen molar-refractivity contribution in [2.75, 3.05) is 31.7 Å². The zero-order chi connectivity index (χ0) is 31.0. The summed E-state index contributed by atoms with van der Waals surface area (Å²) in [4.78, 5) is 15.9. The van der Waals surface area contributed by atoms with Gasteiger partial charge in [0.15, 0.2) is 23.6 Å². The normalized spacial score (nSPS) is 27.7. The number of aliphatic hydroxyl groups is 3. The van der Waals surface area contributed by atoms with Crippen LogP contribution in [0.1, 0.15) is 18.0 Å². The lowest BCUT2D eigenvalue weighted by atomic mass is 9.90. The molecule has 43 heavy (non-hydrogen) atoms. The van der Waals surface area contributed by atoms with Crippen LogP contribution in [0.4, 0.5) is 18.9 Å². The van der Waals surface area contributed by atoms with Crippen LogP contribution in [-0.4, -0.2) is 99.6 Å². The molecular weight excluding hydrogens is 639 g/mol. The molecule has 1 aromatic heterocycles. The van der Waals surface area contributed by atoms with Gasteiger partial charge in [-0.05, 0) is 55.8 Å². The summed E-state index contributed by atoms with van der Waals surface area (Å²) in [5, 5.41) is 43.3. The highest BCUT2D eigenvalue weighted by Crippen LogP contribution is 2.36. The van der Waals surface area contributed by atoms with Gasteiger partial charge in [-0.25, -0.2) is 17.9 Å². The molecule has 7 atom stereocenters. The maximum Gasteiger partial charge on any atom is 0.259 e. The molecule has 5 rings (SSSR count). The van der Waals surface area contributed by atoms with Gasteiger partial charge in [-0.1, -0.05) is 21.1 Å². The topological polar surface area (TPSA) is 142 Å². The molecule has 1 amide bonds. The molecule has 232 valence electrons. The zero-order valence-electron chi connectivity index (χ0n) is 23.2. The van der Waals surface area contributed by atoms with E-state index in [4.69, 9.17) is 9.47 Å². The van der Waals surface area contributed by atoms with E-state index in [-0.39, 0.29) is 17.8 Å². The van der Waals surface area contributed by atoms with Gasteiger partial charge in [0.05, 0.1) is 24.9 Å². The summed E-state index contributed by atoms with van der Waals surface area (Å²) >= 11 is 3.47.